The third-order valence-electron chi connectivity index (χ3n) is 3.29. The number of amidine groups is 1. The van der Waals surface area contributed by atoms with Crippen molar-refractivity contribution in [2.24, 2.45) is 10.9 Å². The SMILES string of the molecule is N/C(=N/O)C(CNCC(O)c1ccsc1)c1ccccc1. The Morgan fingerprint density at radius 1 is 1.19 bits per heavy atom. The van der Waals surface area contributed by atoms with Crippen molar-refractivity contribution in [3.63, 3.8) is 0 Å². The van der Waals surface area contributed by atoms with Crippen molar-refractivity contribution in [1.29, 1.82) is 0 Å². The summed E-state index contributed by atoms with van der Waals surface area (Å²) in [7, 11) is 0. The first-order valence-electron chi connectivity index (χ1n) is 6.65. The lowest BCUT2D eigenvalue weighted by molar-refractivity contribution is 0.175. The molecule has 1 heterocycles. The zero-order valence-corrected chi connectivity index (χ0v) is 12.3. The van der Waals surface area contributed by atoms with Crippen molar-refractivity contribution in [2.75, 3.05) is 13.1 Å². The molecule has 2 rings (SSSR count). The molecule has 0 bridgehead atoms. The summed E-state index contributed by atoms with van der Waals surface area (Å²) < 4.78 is 0. The molecule has 1 aromatic heterocycles. The molecule has 0 spiro atoms. The highest BCUT2D eigenvalue weighted by Gasteiger charge is 2.17. The molecular formula is C15H19N3O2S. The van der Waals surface area contributed by atoms with Gasteiger partial charge in [-0.15, -0.1) is 0 Å². The first kappa shape index (κ1) is 15.5. The van der Waals surface area contributed by atoms with Crippen molar-refractivity contribution >= 4 is 17.2 Å². The van der Waals surface area contributed by atoms with Crippen LogP contribution in [-0.2, 0) is 0 Å². The van der Waals surface area contributed by atoms with Gasteiger partial charge in [-0.1, -0.05) is 35.5 Å². The highest BCUT2D eigenvalue weighted by Crippen LogP contribution is 2.17. The molecule has 2 aromatic rings. The Kier molecular flexibility index (Phi) is 5.74. The quantitative estimate of drug-likeness (QED) is 0.272. The summed E-state index contributed by atoms with van der Waals surface area (Å²) >= 11 is 1.55. The average Bonchev–Trinajstić information content (AvgIpc) is 3.06. The van der Waals surface area contributed by atoms with E-state index in [4.69, 9.17) is 10.9 Å². The summed E-state index contributed by atoms with van der Waals surface area (Å²) in [6.07, 6.45) is -0.556. The number of thiophene rings is 1. The molecule has 5 nitrogen and oxygen atoms in total. The molecule has 0 aliphatic carbocycles. The third kappa shape index (κ3) is 4.29. The summed E-state index contributed by atoms with van der Waals surface area (Å²) in [5.74, 6) is -0.0791. The van der Waals surface area contributed by atoms with Crippen LogP contribution in [0.2, 0.25) is 0 Å². The first-order valence-corrected chi connectivity index (χ1v) is 7.60. The minimum absolute atomic E-state index is 0.152. The van der Waals surface area contributed by atoms with Crippen molar-refractivity contribution in [3.8, 4) is 0 Å². The Morgan fingerprint density at radius 3 is 2.57 bits per heavy atom. The molecule has 0 aliphatic heterocycles. The number of rotatable bonds is 7. The number of hydrogen-bond acceptors (Lipinski definition) is 5. The molecule has 2 unspecified atom stereocenters. The molecule has 0 amide bonds. The van der Waals surface area contributed by atoms with Crippen LogP contribution in [0.5, 0.6) is 0 Å². The minimum atomic E-state index is -0.556. The fourth-order valence-corrected chi connectivity index (χ4v) is 2.80. The maximum Gasteiger partial charge on any atom is 0.147 e. The molecule has 5 N–H and O–H groups in total. The second kappa shape index (κ2) is 7.78. The molecule has 0 radical (unpaired) electrons. The molecule has 112 valence electrons. The normalized spacial score (nSPS) is 14.8. The van der Waals surface area contributed by atoms with E-state index in [0.29, 0.717) is 13.1 Å². The Morgan fingerprint density at radius 2 is 1.95 bits per heavy atom. The van der Waals surface area contributed by atoms with Gasteiger partial charge in [0.05, 0.1) is 12.0 Å². The van der Waals surface area contributed by atoms with Crippen LogP contribution in [0, 0.1) is 0 Å². The van der Waals surface area contributed by atoms with Gasteiger partial charge in [0.25, 0.3) is 0 Å². The van der Waals surface area contributed by atoms with E-state index in [9.17, 15) is 5.11 Å². The summed E-state index contributed by atoms with van der Waals surface area (Å²) in [6.45, 7) is 0.903. The predicted octanol–water partition coefficient (Wildman–Crippen LogP) is 1.90. The number of nitrogens with zero attached hydrogens (tertiary/aromatic N) is 1. The fraction of sp³-hybridized carbons (Fsp3) is 0.267. The van der Waals surface area contributed by atoms with E-state index in [1.165, 1.54) is 0 Å². The fourth-order valence-electron chi connectivity index (χ4n) is 2.10. The van der Waals surface area contributed by atoms with Crippen LogP contribution >= 0.6 is 11.3 Å². The van der Waals surface area contributed by atoms with Gasteiger partial charge in [0.1, 0.15) is 5.84 Å². The van der Waals surface area contributed by atoms with E-state index in [0.717, 1.165) is 11.1 Å². The second-order valence-electron chi connectivity index (χ2n) is 4.72. The predicted molar refractivity (Wildman–Crippen MR) is 84.7 cm³/mol. The highest BCUT2D eigenvalue weighted by atomic mass is 32.1. The standard InChI is InChI=1S/C15H19N3O2S/c16-15(18-20)13(11-4-2-1-3-5-11)8-17-9-14(19)12-6-7-21-10-12/h1-7,10,13-14,17,19-20H,8-9H2,(H2,16,18). The van der Waals surface area contributed by atoms with Crippen LogP contribution in [0.3, 0.4) is 0 Å². The van der Waals surface area contributed by atoms with E-state index < -0.39 is 6.10 Å². The second-order valence-corrected chi connectivity index (χ2v) is 5.50. The Balaban J connectivity index is 1.94. The zero-order valence-electron chi connectivity index (χ0n) is 11.5. The van der Waals surface area contributed by atoms with Crippen LogP contribution in [0.15, 0.2) is 52.3 Å². The van der Waals surface area contributed by atoms with Crippen LogP contribution in [-0.4, -0.2) is 29.2 Å². The van der Waals surface area contributed by atoms with Gasteiger partial charge in [0.15, 0.2) is 0 Å². The lowest BCUT2D eigenvalue weighted by atomic mass is 9.98. The number of aliphatic hydroxyl groups is 1. The lowest BCUT2D eigenvalue weighted by Gasteiger charge is -2.18. The number of benzene rings is 1. The molecule has 0 saturated heterocycles. The van der Waals surface area contributed by atoms with Gasteiger partial charge in [0, 0.05) is 13.1 Å². The van der Waals surface area contributed by atoms with Crippen molar-refractivity contribution in [2.45, 2.75) is 12.0 Å². The van der Waals surface area contributed by atoms with Crippen LogP contribution in [0.4, 0.5) is 0 Å². The summed E-state index contributed by atoms with van der Waals surface area (Å²) in [5, 5.41) is 29.1. The van der Waals surface area contributed by atoms with Gasteiger partial charge in [-0.3, -0.25) is 0 Å². The van der Waals surface area contributed by atoms with Gasteiger partial charge < -0.3 is 21.4 Å². The average molecular weight is 305 g/mol. The molecule has 2 atom stereocenters. The van der Waals surface area contributed by atoms with Gasteiger partial charge in [-0.05, 0) is 28.0 Å². The highest BCUT2D eigenvalue weighted by molar-refractivity contribution is 7.07. The number of nitrogens with one attached hydrogen (secondary N) is 1. The number of aliphatic hydroxyl groups excluding tert-OH is 1. The number of hydrogen-bond donors (Lipinski definition) is 4. The van der Waals surface area contributed by atoms with Crippen molar-refractivity contribution in [3.05, 3.63) is 58.3 Å². The van der Waals surface area contributed by atoms with E-state index in [1.54, 1.807) is 11.3 Å². The Bertz CT molecular complexity index is 558. The third-order valence-corrected chi connectivity index (χ3v) is 3.99. The maximum absolute atomic E-state index is 10.0. The Labute approximate surface area is 127 Å². The van der Waals surface area contributed by atoms with Crippen LogP contribution < -0.4 is 11.1 Å². The van der Waals surface area contributed by atoms with Crippen LogP contribution in [0.1, 0.15) is 23.1 Å². The molecular weight excluding hydrogens is 286 g/mol. The summed E-state index contributed by atoms with van der Waals surface area (Å²) in [5.41, 5.74) is 7.62. The van der Waals surface area contributed by atoms with E-state index in [-0.39, 0.29) is 11.8 Å². The smallest absolute Gasteiger partial charge is 0.147 e. The molecule has 1 aromatic carbocycles. The van der Waals surface area contributed by atoms with Crippen LogP contribution in [0.25, 0.3) is 0 Å². The maximum atomic E-state index is 10.0. The minimum Gasteiger partial charge on any atom is -0.409 e. The van der Waals surface area contributed by atoms with Crippen molar-refractivity contribution in [1.82, 2.24) is 5.32 Å². The molecule has 6 heteroatoms. The zero-order chi connectivity index (χ0) is 15.1. The Hall–Kier alpha value is -1.89. The lowest BCUT2D eigenvalue weighted by Crippen LogP contribution is -2.33. The largest absolute Gasteiger partial charge is 0.409 e. The molecule has 0 saturated carbocycles. The van der Waals surface area contributed by atoms with Gasteiger partial charge in [-0.2, -0.15) is 11.3 Å². The molecule has 21 heavy (non-hydrogen) atoms. The monoisotopic (exact) mass is 305 g/mol. The van der Waals surface area contributed by atoms with E-state index >= 15 is 0 Å². The van der Waals surface area contributed by atoms with Crippen molar-refractivity contribution < 1.29 is 10.3 Å². The van der Waals surface area contributed by atoms with E-state index in [2.05, 4.69) is 10.5 Å². The number of nitrogens with two attached hydrogens (primary N) is 1. The molecule has 0 fully saturated rings. The topological polar surface area (TPSA) is 90.9 Å². The van der Waals surface area contributed by atoms with Gasteiger partial charge in [0.2, 0.25) is 0 Å². The van der Waals surface area contributed by atoms with Gasteiger partial charge in [-0.25, -0.2) is 0 Å². The van der Waals surface area contributed by atoms with Gasteiger partial charge >= 0.3 is 0 Å². The van der Waals surface area contributed by atoms with E-state index in [1.807, 2.05) is 47.2 Å². The summed E-state index contributed by atoms with van der Waals surface area (Å²) in [6, 6.07) is 11.5. The molecule has 0 aliphatic rings. The first-order chi connectivity index (χ1) is 10.2. The number of oxime groups is 1. The summed E-state index contributed by atoms with van der Waals surface area (Å²) in [4.78, 5) is 0.